The van der Waals surface area contributed by atoms with Crippen LogP contribution in [0.1, 0.15) is 0 Å². The summed E-state index contributed by atoms with van der Waals surface area (Å²) in [5.41, 5.74) is 0.179. The smallest absolute Gasteiger partial charge is 0.418 e. The maximum Gasteiger partial charge on any atom is 0.418 e. The fourth-order valence-electron chi connectivity index (χ4n) is 2.29. The first-order valence-corrected chi connectivity index (χ1v) is 6.73. The van der Waals surface area contributed by atoms with Crippen molar-refractivity contribution in [3.05, 3.63) is 66.6 Å². The molecule has 0 saturated carbocycles. The quantitative estimate of drug-likeness (QED) is 0.871. The van der Waals surface area contributed by atoms with Gasteiger partial charge >= 0.3 is 6.09 Å². The van der Waals surface area contributed by atoms with Crippen molar-refractivity contribution in [2.75, 3.05) is 4.90 Å². The molecule has 7 heteroatoms. The van der Waals surface area contributed by atoms with Gasteiger partial charge in [0.25, 0.3) is 0 Å². The van der Waals surface area contributed by atoms with Crippen molar-refractivity contribution >= 4 is 11.9 Å². The van der Waals surface area contributed by atoms with Crippen molar-refractivity contribution in [2.45, 2.75) is 0 Å². The lowest BCUT2D eigenvalue weighted by Gasteiger charge is -2.28. The van der Waals surface area contributed by atoms with E-state index < -0.39 is 6.09 Å². The summed E-state index contributed by atoms with van der Waals surface area (Å²) in [6.07, 6.45) is 2.91. The first-order chi connectivity index (χ1) is 11.2. The van der Waals surface area contributed by atoms with Crippen LogP contribution >= 0.6 is 0 Å². The molecule has 0 radical (unpaired) electrons. The van der Waals surface area contributed by atoms with Crippen LogP contribution in [0.5, 0.6) is 17.2 Å². The zero-order valence-corrected chi connectivity index (χ0v) is 11.7. The third kappa shape index (κ3) is 2.15. The number of rotatable bonds is 1. The topological polar surface area (TPSA) is 81.1 Å². The minimum atomic E-state index is -1.21. The number of ether oxygens (including phenoxy) is 3. The van der Waals surface area contributed by atoms with Gasteiger partial charge in [0.05, 0.1) is 0 Å². The van der Waals surface area contributed by atoms with Gasteiger partial charge in [-0.2, -0.15) is 0 Å². The summed E-state index contributed by atoms with van der Waals surface area (Å²) in [4.78, 5) is 16.7. The molecule has 0 spiro atoms. The normalized spacial score (nSPS) is 15.0. The van der Waals surface area contributed by atoms with Gasteiger partial charge in [0.2, 0.25) is 0 Å². The van der Waals surface area contributed by atoms with Crippen LogP contribution in [-0.4, -0.2) is 16.2 Å². The number of pyridine rings is 1. The van der Waals surface area contributed by atoms with Crippen molar-refractivity contribution in [3.63, 3.8) is 0 Å². The Balaban J connectivity index is 1.74. The molecule has 23 heavy (non-hydrogen) atoms. The Morgan fingerprint density at radius 1 is 1.00 bits per heavy atom. The highest BCUT2D eigenvalue weighted by Crippen LogP contribution is 2.39. The number of carbonyl (C=O) groups is 1. The Kier molecular flexibility index (Phi) is 2.90. The first-order valence-electron chi connectivity index (χ1n) is 6.73. The summed E-state index contributed by atoms with van der Waals surface area (Å²) in [6.45, 7) is 0. The zero-order chi connectivity index (χ0) is 15.8. The van der Waals surface area contributed by atoms with Gasteiger partial charge in [-0.3, -0.25) is 0 Å². The number of amides is 1. The molecular weight excluding hydrogens is 300 g/mol. The molecule has 2 aromatic rings. The van der Waals surface area contributed by atoms with E-state index in [1.165, 1.54) is 18.7 Å². The van der Waals surface area contributed by atoms with E-state index in [1.807, 2.05) is 6.07 Å². The molecule has 1 aromatic carbocycles. The lowest BCUT2D eigenvalue weighted by molar-refractivity contribution is 0.201. The van der Waals surface area contributed by atoms with Crippen molar-refractivity contribution in [1.82, 2.24) is 4.98 Å². The van der Waals surface area contributed by atoms with Crippen molar-refractivity contribution in [3.8, 4) is 17.2 Å². The van der Waals surface area contributed by atoms with Crippen LogP contribution in [0.2, 0.25) is 0 Å². The minimum absolute atomic E-state index is 0.167. The van der Waals surface area contributed by atoms with Gasteiger partial charge in [0.15, 0.2) is 28.8 Å². The number of anilines is 1. The number of benzene rings is 1. The van der Waals surface area contributed by atoms with E-state index in [2.05, 4.69) is 4.98 Å². The Morgan fingerprint density at radius 2 is 1.74 bits per heavy atom. The molecule has 0 bridgehead atoms. The number of nitrogens with zero attached hydrogens (tertiary/aromatic N) is 2. The van der Waals surface area contributed by atoms with Crippen molar-refractivity contribution < 1.29 is 24.1 Å². The van der Waals surface area contributed by atoms with E-state index in [0.717, 1.165) is 4.90 Å². The molecule has 4 rings (SSSR count). The fourth-order valence-corrected chi connectivity index (χ4v) is 2.29. The molecule has 1 aromatic heterocycles. The third-order valence-corrected chi connectivity index (χ3v) is 3.31. The number of hydrogen-bond acceptors (Lipinski definition) is 5. The lowest BCUT2D eigenvalue weighted by Crippen LogP contribution is -2.34. The maximum absolute atomic E-state index is 11.7. The van der Waals surface area contributed by atoms with Gasteiger partial charge in [-0.1, -0.05) is 12.1 Å². The molecule has 7 nitrogen and oxygen atoms in total. The molecule has 1 N–H and O–H groups in total. The average molecular weight is 310 g/mol. The minimum Gasteiger partial charge on any atom is -0.464 e. The molecule has 0 fully saturated rings. The maximum atomic E-state index is 11.7. The van der Waals surface area contributed by atoms with Gasteiger partial charge in [0.1, 0.15) is 18.2 Å². The van der Waals surface area contributed by atoms with Crippen LogP contribution in [0.3, 0.4) is 0 Å². The molecule has 0 aliphatic carbocycles. The largest absolute Gasteiger partial charge is 0.464 e. The summed E-state index contributed by atoms with van der Waals surface area (Å²) >= 11 is 0. The van der Waals surface area contributed by atoms with Gasteiger partial charge in [0, 0.05) is 6.20 Å². The molecule has 3 heterocycles. The Hall–Kier alpha value is -3.48. The van der Waals surface area contributed by atoms with E-state index in [4.69, 9.17) is 14.2 Å². The molecular formula is C16H10N2O5. The average Bonchev–Trinajstić information content (AvgIpc) is 2.60. The van der Waals surface area contributed by atoms with Crippen molar-refractivity contribution in [1.29, 1.82) is 0 Å². The van der Waals surface area contributed by atoms with Crippen LogP contribution in [-0.2, 0) is 0 Å². The van der Waals surface area contributed by atoms with Crippen LogP contribution in [0, 0.1) is 0 Å². The molecule has 2 aliphatic heterocycles. The second-order valence-corrected chi connectivity index (χ2v) is 4.71. The zero-order valence-electron chi connectivity index (χ0n) is 11.7. The van der Waals surface area contributed by atoms with Gasteiger partial charge < -0.3 is 19.3 Å². The summed E-state index contributed by atoms with van der Waals surface area (Å²) < 4.78 is 16.7. The number of para-hydroxylation sites is 2. The summed E-state index contributed by atoms with van der Waals surface area (Å²) in [6, 6.07) is 10.4. The van der Waals surface area contributed by atoms with Crippen LogP contribution < -0.4 is 19.1 Å². The highest BCUT2D eigenvalue weighted by atomic mass is 16.6. The molecule has 114 valence electrons. The lowest BCUT2D eigenvalue weighted by atomic mass is 10.2. The van der Waals surface area contributed by atoms with Crippen molar-refractivity contribution in [2.24, 2.45) is 0 Å². The number of carboxylic acid groups (broad SMARTS) is 1. The Morgan fingerprint density at radius 3 is 2.57 bits per heavy atom. The highest BCUT2D eigenvalue weighted by molar-refractivity contribution is 5.92. The number of fused-ring (bicyclic) bond motifs is 2. The molecule has 0 unspecified atom stereocenters. The highest BCUT2D eigenvalue weighted by Gasteiger charge is 2.33. The Labute approximate surface area is 130 Å². The number of aromatic nitrogens is 1. The van der Waals surface area contributed by atoms with E-state index >= 15 is 0 Å². The summed E-state index contributed by atoms with van der Waals surface area (Å²) in [7, 11) is 0. The van der Waals surface area contributed by atoms with Gasteiger partial charge in [-0.15, -0.1) is 0 Å². The summed E-state index contributed by atoms with van der Waals surface area (Å²) in [5.74, 6) is 1.76. The SMILES string of the molecule is O=C(O)N1C(C2=COc3ccccc3O2)=COc2cccnc21. The van der Waals surface area contributed by atoms with E-state index in [-0.39, 0.29) is 17.3 Å². The molecule has 0 atom stereocenters. The fraction of sp³-hybridized carbons (Fsp3) is 0. The monoisotopic (exact) mass is 310 g/mol. The molecule has 2 aliphatic rings. The molecule has 1 amide bonds. The predicted molar refractivity (Wildman–Crippen MR) is 79.2 cm³/mol. The van der Waals surface area contributed by atoms with Gasteiger partial charge in [-0.05, 0) is 24.3 Å². The van der Waals surface area contributed by atoms with Gasteiger partial charge in [-0.25, -0.2) is 14.7 Å². The Bertz CT molecular complexity index is 859. The standard InChI is InChI=1S/C16H10N2O5/c19-16(20)18-10(8-21-13-6-3-7-17-15(13)18)14-9-22-11-4-1-2-5-12(11)23-14/h1-9H,(H,19,20). The second-order valence-electron chi connectivity index (χ2n) is 4.71. The number of hydrogen-bond donors (Lipinski definition) is 1. The van der Waals surface area contributed by atoms with E-state index in [0.29, 0.717) is 17.2 Å². The predicted octanol–water partition coefficient (Wildman–Crippen LogP) is 3.11. The van der Waals surface area contributed by atoms with Crippen LogP contribution in [0.25, 0.3) is 0 Å². The van der Waals surface area contributed by atoms with Crippen LogP contribution in [0.4, 0.5) is 10.6 Å². The third-order valence-electron chi connectivity index (χ3n) is 3.31. The first kappa shape index (κ1) is 13.2. The van der Waals surface area contributed by atoms with E-state index in [9.17, 15) is 9.90 Å². The van der Waals surface area contributed by atoms with Crippen LogP contribution in [0.15, 0.2) is 66.6 Å². The van der Waals surface area contributed by atoms with E-state index in [1.54, 1.807) is 30.3 Å². The second kappa shape index (κ2) is 5.06. The summed E-state index contributed by atoms with van der Waals surface area (Å²) in [5, 5.41) is 9.55. The molecule has 0 saturated heterocycles.